The minimum absolute atomic E-state index is 0.103. The van der Waals surface area contributed by atoms with Crippen molar-refractivity contribution in [1.82, 2.24) is 15.0 Å². The van der Waals surface area contributed by atoms with Gasteiger partial charge in [-0.05, 0) is 11.8 Å². The van der Waals surface area contributed by atoms with E-state index in [1.54, 1.807) is 35.4 Å². The predicted octanol–water partition coefficient (Wildman–Crippen LogP) is 1.72. The number of para-hydroxylation sites is 1. The molecule has 0 aliphatic rings. The largest absolute Gasteiger partial charge is 0.339 e. The number of hydrogen-bond donors (Lipinski definition) is 4. The Morgan fingerprint density at radius 1 is 1.42 bits per heavy atom. The molecule has 0 radical (unpaired) electrons. The molecule has 4 N–H and O–H groups in total. The van der Waals surface area contributed by atoms with E-state index < -0.39 is 14.2 Å². The molecule has 1 unspecified atom stereocenters. The van der Waals surface area contributed by atoms with E-state index in [9.17, 15) is 12.6 Å². The summed E-state index contributed by atoms with van der Waals surface area (Å²) in [5.74, 6) is -0.379. The van der Waals surface area contributed by atoms with Crippen molar-refractivity contribution in [3.63, 3.8) is 0 Å². The van der Waals surface area contributed by atoms with Gasteiger partial charge in [-0.25, -0.2) is 4.98 Å². The average Bonchev–Trinajstić information content (AvgIpc) is 3.30. The van der Waals surface area contributed by atoms with Crippen molar-refractivity contribution in [2.45, 2.75) is 16.3 Å². The number of carbonyl (C=O) groups excluding carboxylic acids is 1. The average molecular weight is 458 g/mol. The third kappa shape index (κ3) is 6.13. The SMILES string of the molecule is CC(=O)Nc1ccccc1[As](=O)(O)OO.c1c[nH]c(Sc2cncs2)n1. The minimum Gasteiger partial charge on any atom is -0.339 e. The number of rotatable bonds is 5. The summed E-state index contributed by atoms with van der Waals surface area (Å²) >= 11 is -1.72. The molecule has 0 aliphatic carbocycles. The maximum Gasteiger partial charge on any atom is 0.171 e. The number of nitrogens with one attached hydrogen (secondary N) is 2. The third-order valence-electron chi connectivity index (χ3n) is 2.71. The van der Waals surface area contributed by atoms with E-state index in [2.05, 4.69) is 24.1 Å². The van der Waals surface area contributed by atoms with Crippen LogP contribution in [0.15, 0.2) is 57.7 Å². The van der Waals surface area contributed by atoms with Gasteiger partial charge in [0.1, 0.15) is 0 Å². The van der Waals surface area contributed by atoms with Crippen LogP contribution in [0.5, 0.6) is 0 Å². The number of thiazole rings is 1. The number of imidazole rings is 1. The van der Waals surface area contributed by atoms with E-state index in [1.165, 1.54) is 25.1 Å². The Bertz CT molecular complexity index is 841. The van der Waals surface area contributed by atoms with Crippen molar-refractivity contribution in [2.24, 2.45) is 0 Å². The summed E-state index contributed by atoms with van der Waals surface area (Å²) in [5, 5.41) is 11.6. The zero-order valence-electron chi connectivity index (χ0n) is 13.4. The molecule has 0 fully saturated rings. The molecule has 12 heteroatoms. The van der Waals surface area contributed by atoms with Crippen molar-refractivity contribution in [3.05, 3.63) is 48.4 Å². The monoisotopic (exact) mass is 458 g/mol. The summed E-state index contributed by atoms with van der Waals surface area (Å²) in [6, 6.07) is 5.84. The zero-order chi connectivity index (χ0) is 19.0. The normalized spacial score (nSPS) is 12.6. The van der Waals surface area contributed by atoms with Crippen LogP contribution in [0.3, 0.4) is 0 Å². The number of aromatic nitrogens is 3. The molecule has 0 saturated heterocycles. The number of anilines is 1. The number of hydrogen-bond acceptors (Lipinski definition) is 8. The number of nitrogens with zero attached hydrogens (tertiary/aromatic N) is 2. The molecule has 0 bridgehead atoms. The fourth-order valence-electron chi connectivity index (χ4n) is 1.72. The molecule has 138 valence electrons. The Morgan fingerprint density at radius 3 is 2.77 bits per heavy atom. The van der Waals surface area contributed by atoms with Gasteiger partial charge in [-0.15, -0.1) is 11.3 Å². The van der Waals surface area contributed by atoms with Crippen LogP contribution in [0.1, 0.15) is 6.92 Å². The van der Waals surface area contributed by atoms with Crippen molar-refractivity contribution >= 4 is 53.2 Å². The second-order valence-electron chi connectivity index (χ2n) is 4.62. The fraction of sp³-hybridized carbons (Fsp3) is 0.0714. The Morgan fingerprint density at radius 2 is 2.19 bits per heavy atom. The Labute approximate surface area is 159 Å². The standard InChI is InChI=1S/C8H10AsNO5.C6H5N3S2/c1-6(11)10-8-5-3-2-4-7(8)9(12,13)15-14;1-2-9-6(8-1)11-5-3-7-4-10-5/h2-5,14H,1H3,(H,10,11)(H,12,13);1-4H,(H,8,9). The maximum absolute atomic E-state index is 11.4. The fourth-order valence-corrected chi connectivity index (χ4v) is 4.84. The number of benzene rings is 1. The van der Waals surface area contributed by atoms with Crippen LogP contribution < -0.4 is 9.67 Å². The number of H-pyrrole nitrogens is 1. The number of carbonyl (C=O) groups is 1. The summed E-state index contributed by atoms with van der Waals surface area (Å²) in [6.07, 6.45) is 5.38. The van der Waals surface area contributed by atoms with Gasteiger partial charge < -0.3 is 4.98 Å². The van der Waals surface area contributed by atoms with Gasteiger partial charge in [-0.1, -0.05) is 0 Å². The summed E-state index contributed by atoms with van der Waals surface area (Å²) in [4.78, 5) is 21.8. The molecule has 1 aromatic carbocycles. The Hall–Kier alpha value is -1.88. The quantitative estimate of drug-likeness (QED) is 0.258. The molecule has 2 heterocycles. The van der Waals surface area contributed by atoms with Gasteiger partial charge in [0, 0.05) is 12.4 Å². The molecule has 0 spiro atoms. The Kier molecular flexibility index (Phi) is 7.63. The first kappa shape index (κ1) is 20.4. The second-order valence-corrected chi connectivity index (χ2v) is 10.3. The van der Waals surface area contributed by atoms with Gasteiger partial charge in [0.25, 0.3) is 0 Å². The van der Waals surface area contributed by atoms with Gasteiger partial charge >= 0.3 is 88.4 Å². The van der Waals surface area contributed by atoms with E-state index in [-0.39, 0.29) is 15.9 Å². The molecular weight excluding hydrogens is 443 g/mol. The molecule has 9 nitrogen and oxygen atoms in total. The smallest absolute Gasteiger partial charge is 0.171 e. The van der Waals surface area contributed by atoms with Crippen LogP contribution in [0.25, 0.3) is 0 Å². The van der Waals surface area contributed by atoms with Gasteiger partial charge in [-0.2, -0.15) is 0 Å². The maximum atomic E-state index is 11.4. The van der Waals surface area contributed by atoms with Gasteiger partial charge in [-0.3, -0.25) is 4.98 Å². The van der Waals surface area contributed by atoms with Crippen LogP contribution >= 0.6 is 23.1 Å². The second kappa shape index (κ2) is 9.72. The number of amides is 1. The topological polar surface area (TPSA) is 137 Å². The van der Waals surface area contributed by atoms with Gasteiger partial charge in [0.15, 0.2) is 5.16 Å². The molecule has 0 saturated carbocycles. The molecule has 1 atom stereocenters. The molecule has 3 aromatic rings. The molecule has 1 amide bonds. The molecular formula is C14H15AsN4O5S2. The molecule has 26 heavy (non-hydrogen) atoms. The van der Waals surface area contributed by atoms with E-state index in [4.69, 9.17) is 5.26 Å². The molecule has 0 aliphatic heterocycles. The summed E-state index contributed by atoms with van der Waals surface area (Å²) in [7, 11) is 0. The van der Waals surface area contributed by atoms with Crippen molar-refractivity contribution in [2.75, 3.05) is 5.32 Å². The molecule has 2 aromatic heterocycles. The summed E-state index contributed by atoms with van der Waals surface area (Å²) in [6.45, 7) is 1.27. The summed E-state index contributed by atoms with van der Waals surface area (Å²) < 4.78 is 25.3. The first-order valence-corrected chi connectivity index (χ1v) is 12.0. The van der Waals surface area contributed by atoms with Crippen molar-refractivity contribution in [1.29, 1.82) is 0 Å². The predicted molar refractivity (Wildman–Crippen MR) is 97.6 cm³/mol. The Balaban J connectivity index is 0.000000195. The van der Waals surface area contributed by atoms with Gasteiger partial charge in [0.2, 0.25) is 0 Å². The first-order valence-electron chi connectivity index (χ1n) is 7.01. The van der Waals surface area contributed by atoms with Crippen LogP contribution in [-0.2, 0) is 12.4 Å². The van der Waals surface area contributed by atoms with Crippen LogP contribution in [0.4, 0.5) is 5.69 Å². The van der Waals surface area contributed by atoms with E-state index in [1.807, 2.05) is 17.9 Å². The zero-order valence-corrected chi connectivity index (χ0v) is 16.9. The number of aromatic amines is 1. The summed E-state index contributed by atoms with van der Waals surface area (Å²) in [5.41, 5.74) is 1.97. The first-order chi connectivity index (χ1) is 12.4. The van der Waals surface area contributed by atoms with E-state index in [0.29, 0.717) is 0 Å². The van der Waals surface area contributed by atoms with E-state index in [0.717, 1.165) is 9.37 Å². The molecule has 3 rings (SSSR count). The van der Waals surface area contributed by atoms with Crippen molar-refractivity contribution in [3.8, 4) is 0 Å². The minimum atomic E-state index is -4.92. The third-order valence-corrected chi connectivity index (χ3v) is 7.10. The van der Waals surface area contributed by atoms with Crippen LogP contribution in [0, 0.1) is 0 Å². The van der Waals surface area contributed by atoms with E-state index >= 15 is 0 Å². The van der Waals surface area contributed by atoms with Crippen molar-refractivity contribution < 1.29 is 21.8 Å². The van der Waals surface area contributed by atoms with Crippen LogP contribution in [0.2, 0.25) is 0 Å². The van der Waals surface area contributed by atoms with Crippen LogP contribution in [-0.4, -0.2) is 44.4 Å². The van der Waals surface area contributed by atoms with Gasteiger partial charge in [0.05, 0.1) is 15.9 Å².